The molecule has 1 aromatic heterocycles. The zero-order valence-electron chi connectivity index (χ0n) is 10.4. The van der Waals surface area contributed by atoms with Crippen LogP contribution >= 0.6 is 0 Å². The molecule has 5 heteroatoms. The molecule has 1 heterocycles. The highest BCUT2D eigenvalue weighted by Crippen LogP contribution is 2.34. The summed E-state index contributed by atoms with van der Waals surface area (Å²) in [7, 11) is 0. The first-order valence-corrected chi connectivity index (χ1v) is 6.46. The largest absolute Gasteiger partial charge is 0.394 e. The lowest BCUT2D eigenvalue weighted by molar-refractivity contribution is 0.231. The molecule has 3 N–H and O–H groups in total. The number of hydrogen-bond acceptors (Lipinski definition) is 4. The Labute approximate surface area is 102 Å². The van der Waals surface area contributed by atoms with Crippen LogP contribution in [0.1, 0.15) is 50.4 Å². The fraction of sp³-hybridized carbons (Fsp3) is 0.833. The van der Waals surface area contributed by atoms with Gasteiger partial charge in [0, 0.05) is 5.92 Å². The lowest BCUT2D eigenvalue weighted by Gasteiger charge is -2.28. The Morgan fingerprint density at radius 2 is 2.18 bits per heavy atom. The van der Waals surface area contributed by atoms with Crippen LogP contribution in [0.2, 0.25) is 0 Å². The number of rotatable bonds is 4. The average molecular weight is 238 g/mol. The molecule has 96 valence electrons. The Bertz CT molecular complexity index is 344. The van der Waals surface area contributed by atoms with Crippen molar-refractivity contribution in [3.05, 3.63) is 12.2 Å². The summed E-state index contributed by atoms with van der Waals surface area (Å²) in [4.78, 5) is 0. The van der Waals surface area contributed by atoms with Gasteiger partial charge in [-0.05, 0) is 45.1 Å². The molecular formula is C12H22N4O. The lowest BCUT2D eigenvalue weighted by atomic mass is 9.81. The standard InChI is InChI=1S/C12H22N4O/c1-9(7-17)16-8-14-15-12(16)11-4-2-10(6-13)3-5-11/h8-11,17H,2-7,13H2,1H3. The van der Waals surface area contributed by atoms with Crippen LogP contribution in [0.5, 0.6) is 0 Å². The van der Waals surface area contributed by atoms with E-state index in [4.69, 9.17) is 5.73 Å². The minimum absolute atomic E-state index is 0.0623. The molecule has 1 unspecified atom stereocenters. The van der Waals surface area contributed by atoms with Crippen molar-refractivity contribution in [2.45, 2.75) is 44.6 Å². The maximum atomic E-state index is 9.22. The molecular weight excluding hydrogens is 216 g/mol. The molecule has 1 aliphatic carbocycles. The number of nitrogens with zero attached hydrogens (tertiary/aromatic N) is 3. The molecule has 1 fully saturated rings. The summed E-state index contributed by atoms with van der Waals surface area (Å²) in [6.07, 6.45) is 6.37. The van der Waals surface area contributed by atoms with Crippen LogP contribution in [0.25, 0.3) is 0 Å². The molecule has 0 radical (unpaired) electrons. The van der Waals surface area contributed by atoms with E-state index in [1.54, 1.807) is 6.33 Å². The summed E-state index contributed by atoms with van der Waals surface area (Å²) in [6.45, 7) is 2.91. The Hall–Kier alpha value is -0.940. The summed E-state index contributed by atoms with van der Waals surface area (Å²) < 4.78 is 2.01. The van der Waals surface area contributed by atoms with Crippen LogP contribution < -0.4 is 5.73 Å². The Balaban J connectivity index is 2.05. The summed E-state index contributed by atoms with van der Waals surface area (Å²) in [5, 5.41) is 17.4. The van der Waals surface area contributed by atoms with Crippen molar-refractivity contribution < 1.29 is 5.11 Å². The molecule has 0 amide bonds. The number of aliphatic hydroxyl groups is 1. The Morgan fingerprint density at radius 1 is 1.47 bits per heavy atom. The van der Waals surface area contributed by atoms with Crippen LogP contribution in [0.4, 0.5) is 0 Å². The zero-order chi connectivity index (χ0) is 12.3. The summed E-state index contributed by atoms with van der Waals surface area (Å²) in [6, 6.07) is 0.0623. The summed E-state index contributed by atoms with van der Waals surface area (Å²) >= 11 is 0. The van der Waals surface area contributed by atoms with Crippen LogP contribution in [0, 0.1) is 5.92 Å². The van der Waals surface area contributed by atoms with Gasteiger partial charge >= 0.3 is 0 Å². The molecule has 0 bridgehead atoms. The molecule has 5 nitrogen and oxygen atoms in total. The van der Waals surface area contributed by atoms with Gasteiger partial charge in [-0.3, -0.25) is 0 Å². The maximum Gasteiger partial charge on any atom is 0.136 e. The fourth-order valence-corrected chi connectivity index (χ4v) is 2.63. The monoisotopic (exact) mass is 238 g/mol. The van der Waals surface area contributed by atoms with Crippen molar-refractivity contribution in [2.24, 2.45) is 11.7 Å². The second-order valence-electron chi connectivity index (χ2n) is 5.08. The van der Waals surface area contributed by atoms with E-state index in [1.165, 1.54) is 12.8 Å². The van der Waals surface area contributed by atoms with Gasteiger partial charge in [0.2, 0.25) is 0 Å². The van der Waals surface area contributed by atoms with E-state index in [-0.39, 0.29) is 12.6 Å². The molecule has 2 rings (SSSR count). The summed E-state index contributed by atoms with van der Waals surface area (Å²) in [5.41, 5.74) is 5.70. The average Bonchev–Trinajstić information content (AvgIpc) is 2.87. The first-order chi connectivity index (χ1) is 8.26. The Kier molecular flexibility index (Phi) is 4.12. The van der Waals surface area contributed by atoms with E-state index in [9.17, 15) is 5.11 Å². The normalized spacial score (nSPS) is 27.0. The third-order valence-corrected chi connectivity index (χ3v) is 3.89. The highest BCUT2D eigenvalue weighted by molar-refractivity contribution is 5.00. The first kappa shape index (κ1) is 12.5. The topological polar surface area (TPSA) is 77.0 Å². The molecule has 0 spiro atoms. The predicted octanol–water partition coefficient (Wildman–Crippen LogP) is 1.06. The smallest absolute Gasteiger partial charge is 0.136 e. The predicted molar refractivity (Wildman–Crippen MR) is 65.6 cm³/mol. The van der Waals surface area contributed by atoms with E-state index in [0.717, 1.165) is 25.2 Å². The third kappa shape index (κ3) is 2.66. The van der Waals surface area contributed by atoms with Gasteiger partial charge < -0.3 is 15.4 Å². The lowest BCUT2D eigenvalue weighted by Crippen LogP contribution is -2.23. The number of aromatic nitrogens is 3. The molecule has 1 aliphatic rings. The fourth-order valence-electron chi connectivity index (χ4n) is 2.63. The van der Waals surface area contributed by atoms with E-state index in [1.807, 2.05) is 11.5 Å². The van der Waals surface area contributed by atoms with Crippen molar-refractivity contribution in [2.75, 3.05) is 13.2 Å². The minimum atomic E-state index is 0.0623. The van der Waals surface area contributed by atoms with Crippen LogP contribution in [-0.4, -0.2) is 33.0 Å². The molecule has 0 aliphatic heterocycles. The molecule has 0 saturated heterocycles. The van der Waals surface area contributed by atoms with Crippen LogP contribution in [0.3, 0.4) is 0 Å². The van der Waals surface area contributed by atoms with Crippen molar-refractivity contribution in [1.29, 1.82) is 0 Å². The van der Waals surface area contributed by atoms with E-state index in [2.05, 4.69) is 10.2 Å². The van der Waals surface area contributed by atoms with Gasteiger partial charge in [0.25, 0.3) is 0 Å². The van der Waals surface area contributed by atoms with E-state index >= 15 is 0 Å². The SMILES string of the molecule is CC(CO)n1cnnc1C1CCC(CN)CC1. The molecule has 1 aromatic rings. The van der Waals surface area contributed by atoms with Gasteiger partial charge in [-0.15, -0.1) is 10.2 Å². The van der Waals surface area contributed by atoms with Gasteiger partial charge in [0.15, 0.2) is 0 Å². The number of hydrogen-bond donors (Lipinski definition) is 2. The van der Waals surface area contributed by atoms with Crippen LogP contribution in [-0.2, 0) is 0 Å². The van der Waals surface area contributed by atoms with Crippen molar-refractivity contribution in [1.82, 2.24) is 14.8 Å². The van der Waals surface area contributed by atoms with Crippen LogP contribution in [0.15, 0.2) is 6.33 Å². The van der Waals surface area contributed by atoms with Gasteiger partial charge in [-0.1, -0.05) is 0 Å². The van der Waals surface area contributed by atoms with Gasteiger partial charge in [0.05, 0.1) is 12.6 Å². The molecule has 1 saturated carbocycles. The second-order valence-corrected chi connectivity index (χ2v) is 5.08. The van der Waals surface area contributed by atoms with Gasteiger partial charge in [-0.25, -0.2) is 0 Å². The second kappa shape index (κ2) is 5.60. The van der Waals surface area contributed by atoms with Crippen molar-refractivity contribution >= 4 is 0 Å². The Morgan fingerprint density at radius 3 is 2.76 bits per heavy atom. The van der Waals surface area contributed by atoms with E-state index in [0.29, 0.717) is 11.8 Å². The van der Waals surface area contributed by atoms with Gasteiger partial charge in [-0.2, -0.15) is 0 Å². The van der Waals surface area contributed by atoms with Crippen molar-refractivity contribution in [3.63, 3.8) is 0 Å². The van der Waals surface area contributed by atoms with Crippen molar-refractivity contribution in [3.8, 4) is 0 Å². The highest BCUT2D eigenvalue weighted by atomic mass is 16.3. The molecule has 0 aromatic carbocycles. The highest BCUT2D eigenvalue weighted by Gasteiger charge is 2.26. The van der Waals surface area contributed by atoms with E-state index < -0.39 is 0 Å². The number of aliphatic hydroxyl groups excluding tert-OH is 1. The maximum absolute atomic E-state index is 9.22. The summed E-state index contributed by atoms with van der Waals surface area (Å²) in [5.74, 6) is 2.19. The first-order valence-electron chi connectivity index (χ1n) is 6.46. The zero-order valence-corrected chi connectivity index (χ0v) is 10.4. The molecule has 17 heavy (non-hydrogen) atoms. The number of nitrogens with two attached hydrogens (primary N) is 1. The van der Waals surface area contributed by atoms with Gasteiger partial charge in [0.1, 0.15) is 12.2 Å². The quantitative estimate of drug-likeness (QED) is 0.822. The molecule has 1 atom stereocenters. The minimum Gasteiger partial charge on any atom is -0.394 e. The third-order valence-electron chi connectivity index (χ3n) is 3.89.